The third kappa shape index (κ3) is 2.98. The van der Waals surface area contributed by atoms with E-state index in [-0.39, 0.29) is 0 Å². The molecule has 0 aliphatic carbocycles. The highest BCUT2D eigenvalue weighted by Crippen LogP contribution is 2.29. The summed E-state index contributed by atoms with van der Waals surface area (Å²) in [5.41, 5.74) is 3.66. The summed E-state index contributed by atoms with van der Waals surface area (Å²) >= 11 is 6.15. The van der Waals surface area contributed by atoms with E-state index in [9.17, 15) is 4.79 Å². The van der Waals surface area contributed by atoms with Gasteiger partial charge in [-0.15, -0.1) is 0 Å². The first-order chi connectivity index (χ1) is 13.0. The van der Waals surface area contributed by atoms with E-state index in [4.69, 9.17) is 21.3 Å². The highest BCUT2D eigenvalue weighted by Gasteiger charge is 2.17. The largest absolute Gasteiger partial charge is 0.465 e. The Morgan fingerprint density at radius 3 is 2.74 bits per heavy atom. The first-order valence-electron chi connectivity index (χ1n) is 8.35. The van der Waals surface area contributed by atoms with Gasteiger partial charge in [0.1, 0.15) is 5.65 Å². The van der Waals surface area contributed by atoms with Crippen molar-refractivity contribution in [1.82, 2.24) is 14.4 Å². The van der Waals surface area contributed by atoms with Crippen LogP contribution in [0.1, 0.15) is 16.1 Å². The van der Waals surface area contributed by atoms with Crippen LogP contribution in [0.15, 0.2) is 48.7 Å². The highest BCUT2D eigenvalue weighted by molar-refractivity contribution is 6.30. The van der Waals surface area contributed by atoms with Crippen LogP contribution in [0.25, 0.3) is 16.6 Å². The summed E-state index contributed by atoms with van der Waals surface area (Å²) in [5, 5.41) is 1.50. The van der Waals surface area contributed by atoms with E-state index >= 15 is 0 Å². The number of aromatic nitrogens is 3. The molecule has 0 spiro atoms. The van der Waals surface area contributed by atoms with Crippen molar-refractivity contribution in [3.63, 3.8) is 0 Å². The van der Waals surface area contributed by atoms with E-state index in [2.05, 4.69) is 4.98 Å². The van der Waals surface area contributed by atoms with Crippen molar-refractivity contribution in [3.8, 4) is 0 Å². The Bertz CT molecular complexity index is 1190. The van der Waals surface area contributed by atoms with Gasteiger partial charge in [0.05, 0.1) is 23.9 Å². The van der Waals surface area contributed by atoms with Gasteiger partial charge in [-0.2, -0.15) is 0 Å². The number of aryl methyl sites for hydroxylation is 1. The Hall–Kier alpha value is -3.12. The molecule has 4 aromatic rings. The van der Waals surface area contributed by atoms with Gasteiger partial charge in [0, 0.05) is 29.3 Å². The molecule has 0 fully saturated rings. The predicted octanol–water partition coefficient (Wildman–Crippen LogP) is 4.40. The zero-order valence-corrected chi connectivity index (χ0v) is 15.9. The molecule has 0 radical (unpaired) electrons. The lowest BCUT2D eigenvalue weighted by Crippen LogP contribution is -2.15. The number of carbonyl (C=O) groups excluding carboxylic acids is 1. The molecule has 27 heavy (non-hydrogen) atoms. The molecule has 0 amide bonds. The molecule has 0 atom stereocenters. The topological polar surface area (TPSA) is 59.7 Å². The molecule has 6 nitrogen and oxygen atoms in total. The monoisotopic (exact) mass is 380 g/mol. The van der Waals surface area contributed by atoms with Crippen molar-refractivity contribution >= 4 is 45.8 Å². The van der Waals surface area contributed by atoms with Gasteiger partial charge in [-0.05, 0) is 43.3 Å². The second-order valence-corrected chi connectivity index (χ2v) is 6.69. The Kier molecular flexibility index (Phi) is 4.20. The molecule has 2 aromatic carbocycles. The van der Waals surface area contributed by atoms with Gasteiger partial charge < -0.3 is 9.64 Å². The number of fused-ring (bicyclic) bond motifs is 3. The van der Waals surface area contributed by atoms with Crippen molar-refractivity contribution in [3.05, 3.63) is 64.9 Å². The maximum atomic E-state index is 11.9. The molecule has 2 aromatic heterocycles. The lowest BCUT2D eigenvalue weighted by molar-refractivity contribution is 0.0601. The molecular weight excluding hydrogens is 364 g/mol. The number of benzene rings is 2. The first kappa shape index (κ1) is 17.3. The summed E-state index contributed by atoms with van der Waals surface area (Å²) in [4.78, 5) is 23.3. The third-order valence-corrected chi connectivity index (χ3v) is 4.65. The van der Waals surface area contributed by atoms with Crippen LogP contribution in [0.5, 0.6) is 0 Å². The van der Waals surface area contributed by atoms with E-state index in [1.54, 1.807) is 12.1 Å². The van der Waals surface area contributed by atoms with Crippen LogP contribution >= 0.6 is 11.6 Å². The van der Waals surface area contributed by atoms with Gasteiger partial charge >= 0.3 is 5.97 Å². The SMILES string of the molecule is COC(=O)c1ccc2c(c1)nc(N(C)c1cccc(Cl)c1)n1cc(C)nc21. The molecule has 0 saturated heterocycles. The van der Waals surface area contributed by atoms with E-state index in [0.717, 1.165) is 22.4 Å². The van der Waals surface area contributed by atoms with Crippen molar-refractivity contribution in [2.75, 3.05) is 19.1 Å². The Labute approximate surface area is 161 Å². The molecule has 0 unspecified atom stereocenters. The molecule has 0 aliphatic rings. The smallest absolute Gasteiger partial charge is 0.337 e. The van der Waals surface area contributed by atoms with Gasteiger partial charge in [0.15, 0.2) is 0 Å². The minimum Gasteiger partial charge on any atom is -0.465 e. The first-order valence-corrected chi connectivity index (χ1v) is 8.73. The molecule has 0 bridgehead atoms. The molecule has 7 heteroatoms. The Balaban J connectivity index is 1.98. The molecule has 4 rings (SSSR count). The Morgan fingerprint density at radius 1 is 1.19 bits per heavy atom. The van der Waals surface area contributed by atoms with Gasteiger partial charge in [-0.1, -0.05) is 17.7 Å². The number of nitrogens with zero attached hydrogens (tertiary/aromatic N) is 4. The number of esters is 1. The lowest BCUT2D eigenvalue weighted by atomic mass is 10.1. The second kappa shape index (κ2) is 6.55. The fourth-order valence-corrected chi connectivity index (χ4v) is 3.28. The maximum absolute atomic E-state index is 11.9. The number of methoxy groups -OCH3 is 1. The number of ether oxygens (including phenoxy) is 1. The molecular formula is C20H17ClN4O2. The summed E-state index contributed by atoms with van der Waals surface area (Å²) in [6, 6.07) is 12.8. The average molecular weight is 381 g/mol. The zero-order valence-electron chi connectivity index (χ0n) is 15.1. The fraction of sp³-hybridized carbons (Fsp3) is 0.150. The van der Waals surface area contributed by atoms with E-state index in [1.807, 2.05) is 59.8 Å². The predicted molar refractivity (Wildman–Crippen MR) is 106 cm³/mol. The third-order valence-electron chi connectivity index (χ3n) is 4.42. The van der Waals surface area contributed by atoms with Crippen LogP contribution < -0.4 is 4.90 Å². The standard InChI is InChI=1S/C20H17ClN4O2/c1-12-11-25-18(22-12)16-8-7-13(19(26)27-3)9-17(16)23-20(25)24(2)15-6-4-5-14(21)10-15/h4-11H,1-3H3. The number of hydrogen-bond acceptors (Lipinski definition) is 5. The van der Waals surface area contributed by atoms with Crippen molar-refractivity contribution in [2.45, 2.75) is 6.92 Å². The number of rotatable bonds is 3. The van der Waals surface area contributed by atoms with Crippen molar-refractivity contribution in [1.29, 1.82) is 0 Å². The highest BCUT2D eigenvalue weighted by atomic mass is 35.5. The summed E-state index contributed by atoms with van der Waals surface area (Å²) in [5.74, 6) is 0.269. The maximum Gasteiger partial charge on any atom is 0.337 e. The zero-order chi connectivity index (χ0) is 19.1. The van der Waals surface area contributed by atoms with E-state index < -0.39 is 5.97 Å². The van der Waals surface area contributed by atoms with Crippen molar-refractivity contribution in [2.24, 2.45) is 0 Å². The molecule has 0 saturated carbocycles. The minimum absolute atomic E-state index is 0.400. The quantitative estimate of drug-likeness (QED) is 0.493. The summed E-state index contributed by atoms with van der Waals surface area (Å²) in [6.45, 7) is 1.94. The van der Waals surface area contributed by atoms with Crippen molar-refractivity contribution < 1.29 is 9.53 Å². The van der Waals surface area contributed by atoms with Crippen LogP contribution in [-0.4, -0.2) is 34.5 Å². The number of imidazole rings is 1. The Morgan fingerprint density at radius 2 is 2.00 bits per heavy atom. The average Bonchev–Trinajstić information content (AvgIpc) is 3.07. The van der Waals surface area contributed by atoms with Gasteiger partial charge in [0.25, 0.3) is 0 Å². The van der Waals surface area contributed by atoms with Crippen LogP contribution in [0.2, 0.25) is 5.02 Å². The summed E-state index contributed by atoms with van der Waals surface area (Å²) in [6.07, 6.45) is 1.94. The normalized spacial score (nSPS) is 11.1. The van der Waals surface area contributed by atoms with E-state index in [1.165, 1.54) is 7.11 Å². The van der Waals surface area contributed by atoms with Crippen LogP contribution in [0, 0.1) is 6.92 Å². The number of halogens is 1. The second-order valence-electron chi connectivity index (χ2n) is 6.25. The molecule has 136 valence electrons. The molecule has 0 aliphatic heterocycles. The molecule has 0 N–H and O–H groups in total. The fourth-order valence-electron chi connectivity index (χ4n) is 3.10. The van der Waals surface area contributed by atoms with Crippen LogP contribution in [-0.2, 0) is 4.74 Å². The minimum atomic E-state index is -0.400. The number of carbonyl (C=O) groups is 1. The number of hydrogen-bond donors (Lipinski definition) is 0. The number of anilines is 2. The van der Waals surface area contributed by atoms with Gasteiger partial charge in [0.2, 0.25) is 5.95 Å². The molecule has 2 heterocycles. The van der Waals surface area contributed by atoms with Gasteiger partial charge in [-0.3, -0.25) is 4.40 Å². The van der Waals surface area contributed by atoms with Crippen LogP contribution in [0.4, 0.5) is 11.6 Å². The lowest BCUT2D eigenvalue weighted by Gasteiger charge is -2.20. The summed E-state index contributed by atoms with van der Waals surface area (Å²) < 4.78 is 6.77. The summed E-state index contributed by atoms with van der Waals surface area (Å²) in [7, 11) is 3.28. The van der Waals surface area contributed by atoms with Crippen LogP contribution in [0.3, 0.4) is 0 Å². The van der Waals surface area contributed by atoms with E-state index in [0.29, 0.717) is 22.1 Å². The van der Waals surface area contributed by atoms with Gasteiger partial charge in [-0.25, -0.2) is 14.8 Å².